The highest BCUT2D eigenvalue weighted by Gasteiger charge is 2.06. The fourth-order valence-corrected chi connectivity index (χ4v) is 2.50. The van der Waals surface area contributed by atoms with Crippen LogP contribution < -0.4 is 5.32 Å². The SMILES string of the molecule is CCCCc1ccc(NC(=O)Cc2ccc(Cl)c(Cl)c2)cc1. The van der Waals surface area contributed by atoms with Crippen molar-refractivity contribution in [3.8, 4) is 0 Å². The largest absolute Gasteiger partial charge is 0.326 e. The Morgan fingerprint density at radius 2 is 1.68 bits per heavy atom. The van der Waals surface area contributed by atoms with Crippen LogP contribution in [0.3, 0.4) is 0 Å². The number of aryl methyl sites for hydroxylation is 1. The summed E-state index contributed by atoms with van der Waals surface area (Å²) in [5.74, 6) is -0.0697. The zero-order valence-electron chi connectivity index (χ0n) is 12.5. The Morgan fingerprint density at radius 3 is 2.32 bits per heavy atom. The van der Waals surface area contributed by atoms with Crippen molar-refractivity contribution < 1.29 is 4.79 Å². The fourth-order valence-electron chi connectivity index (χ4n) is 2.18. The minimum absolute atomic E-state index is 0.0697. The van der Waals surface area contributed by atoms with Crippen molar-refractivity contribution in [3.63, 3.8) is 0 Å². The highest BCUT2D eigenvalue weighted by atomic mass is 35.5. The summed E-state index contributed by atoms with van der Waals surface area (Å²) in [6.07, 6.45) is 3.72. The van der Waals surface area contributed by atoms with Gasteiger partial charge in [-0.3, -0.25) is 4.79 Å². The lowest BCUT2D eigenvalue weighted by Crippen LogP contribution is -2.14. The Bertz CT molecular complexity index is 638. The second kappa shape index (κ2) is 8.21. The fraction of sp³-hybridized carbons (Fsp3) is 0.278. The molecule has 1 amide bonds. The number of hydrogen-bond donors (Lipinski definition) is 1. The molecular formula is C18H19Cl2NO. The van der Waals surface area contributed by atoms with Gasteiger partial charge in [-0.15, -0.1) is 0 Å². The zero-order chi connectivity index (χ0) is 15.9. The van der Waals surface area contributed by atoms with E-state index in [9.17, 15) is 4.79 Å². The first kappa shape index (κ1) is 16.9. The maximum Gasteiger partial charge on any atom is 0.228 e. The van der Waals surface area contributed by atoms with E-state index in [1.807, 2.05) is 18.2 Å². The predicted molar refractivity (Wildman–Crippen MR) is 93.8 cm³/mol. The van der Waals surface area contributed by atoms with Crippen molar-refractivity contribution in [1.82, 2.24) is 0 Å². The van der Waals surface area contributed by atoms with Gasteiger partial charge >= 0.3 is 0 Å². The summed E-state index contributed by atoms with van der Waals surface area (Å²) >= 11 is 11.8. The topological polar surface area (TPSA) is 29.1 Å². The molecule has 0 aromatic heterocycles. The monoisotopic (exact) mass is 335 g/mol. The molecule has 2 rings (SSSR count). The van der Waals surface area contributed by atoms with E-state index >= 15 is 0 Å². The van der Waals surface area contributed by atoms with Crippen LogP contribution in [0.5, 0.6) is 0 Å². The minimum atomic E-state index is -0.0697. The molecule has 0 bridgehead atoms. The Balaban J connectivity index is 1.92. The number of hydrogen-bond acceptors (Lipinski definition) is 1. The molecule has 0 atom stereocenters. The van der Waals surface area contributed by atoms with Gasteiger partial charge in [0, 0.05) is 5.69 Å². The molecule has 1 N–H and O–H groups in total. The lowest BCUT2D eigenvalue weighted by atomic mass is 10.1. The van der Waals surface area contributed by atoms with Gasteiger partial charge in [-0.05, 0) is 48.2 Å². The van der Waals surface area contributed by atoms with Gasteiger partial charge in [-0.2, -0.15) is 0 Å². The van der Waals surface area contributed by atoms with Crippen LogP contribution in [0.4, 0.5) is 5.69 Å². The predicted octanol–water partition coefficient (Wildman–Crippen LogP) is 5.52. The van der Waals surface area contributed by atoms with Crippen LogP contribution in [0, 0.1) is 0 Å². The van der Waals surface area contributed by atoms with E-state index in [2.05, 4.69) is 24.4 Å². The van der Waals surface area contributed by atoms with Crippen molar-refractivity contribution in [2.75, 3.05) is 5.32 Å². The molecule has 2 aromatic rings. The summed E-state index contributed by atoms with van der Waals surface area (Å²) in [6, 6.07) is 13.2. The number of carbonyl (C=O) groups is 1. The van der Waals surface area contributed by atoms with Gasteiger partial charge in [0.15, 0.2) is 0 Å². The van der Waals surface area contributed by atoms with Crippen LogP contribution in [0.25, 0.3) is 0 Å². The maximum atomic E-state index is 12.0. The van der Waals surface area contributed by atoms with Crippen LogP contribution in [-0.2, 0) is 17.6 Å². The van der Waals surface area contributed by atoms with Gasteiger partial charge in [-0.1, -0.05) is 54.7 Å². The minimum Gasteiger partial charge on any atom is -0.326 e. The van der Waals surface area contributed by atoms with E-state index in [0.717, 1.165) is 17.7 Å². The second-order valence-corrected chi connectivity index (χ2v) is 6.09. The molecule has 2 aromatic carbocycles. The van der Waals surface area contributed by atoms with Crippen LogP contribution >= 0.6 is 23.2 Å². The molecule has 0 spiro atoms. The Kier molecular flexibility index (Phi) is 6.29. The summed E-state index contributed by atoms with van der Waals surface area (Å²) in [6.45, 7) is 2.18. The highest BCUT2D eigenvalue weighted by Crippen LogP contribution is 2.23. The third kappa shape index (κ3) is 5.04. The van der Waals surface area contributed by atoms with E-state index in [0.29, 0.717) is 10.0 Å². The molecule has 0 fully saturated rings. The molecule has 116 valence electrons. The quantitative estimate of drug-likeness (QED) is 0.740. The van der Waals surface area contributed by atoms with E-state index in [-0.39, 0.29) is 12.3 Å². The first-order valence-corrected chi connectivity index (χ1v) is 8.17. The summed E-state index contributed by atoms with van der Waals surface area (Å²) < 4.78 is 0. The molecule has 0 aliphatic heterocycles. The van der Waals surface area contributed by atoms with E-state index < -0.39 is 0 Å². The number of nitrogens with one attached hydrogen (secondary N) is 1. The number of halogens is 2. The summed E-state index contributed by atoms with van der Waals surface area (Å²) in [7, 11) is 0. The smallest absolute Gasteiger partial charge is 0.228 e. The Hall–Kier alpha value is -1.51. The molecule has 0 aliphatic rings. The maximum absolute atomic E-state index is 12.0. The van der Waals surface area contributed by atoms with Crippen molar-refractivity contribution in [3.05, 3.63) is 63.6 Å². The molecule has 0 unspecified atom stereocenters. The van der Waals surface area contributed by atoms with Crippen molar-refractivity contribution in [2.45, 2.75) is 32.6 Å². The Labute approximate surface area is 141 Å². The van der Waals surface area contributed by atoms with Crippen molar-refractivity contribution in [2.24, 2.45) is 0 Å². The summed E-state index contributed by atoms with van der Waals surface area (Å²) in [5.41, 5.74) is 2.95. The zero-order valence-corrected chi connectivity index (χ0v) is 14.0. The van der Waals surface area contributed by atoms with Gasteiger partial charge in [0.2, 0.25) is 5.91 Å². The van der Waals surface area contributed by atoms with E-state index in [4.69, 9.17) is 23.2 Å². The van der Waals surface area contributed by atoms with Crippen molar-refractivity contribution in [1.29, 1.82) is 0 Å². The number of amides is 1. The summed E-state index contributed by atoms with van der Waals surface area (Å²) in [5, 5.41) is 3.85. The van der Waals surface area contributed by atoms with Gasteiger partial charge in [0.05, 0.1) is 16.5 Å². The molecule has 0 saturated heterocycles. The highest BCUT2D eigenvalue weighted by molar-refractivity contribution is 6.42. The van der Waals surface area contributed by atoms with Crippen LogP contribution in [0.2, 0.25) is 10.0 Å². The molecular weight excluding hydrogens is 317 g/mol. The molecule has 0 radical (unpaired) electrons. The molecule has 4 heteroatoms. The van der Waals surface area contributed by atoms with Crippen LogP contribution in [0.15, 0.2) is 42.5 Å². The third-order valence-corrected chi connectivity index (χ3v) is 4.14. The molecule has 2 nitrogen and oxygen atoms in total. The third-order valence-electron chi connectivity index (χ3n) is 3.41. The average Bonchev–Trinajstić information content (AvgIpc) is 2.50. The number of benzene rings is 2. The second-order valence-electron chi connectivity index (χ2n) is 5.27. The summed E-state index contributed by atoms with van der Waals surface area (Å²) in [4.78, 5) is 12.0. The first-order chi connectivity index (χ1) is 10.6. The number of anilines is 1. The van der Waals surface area contributed by atoms with E-state index in [1.165, 1.54) is 18.4 Å². The van der Waals surface area contributed by atoms with Gasteiger partial charge in [0.1, 0.15) is 0 Å². The van der Waals surface area contributed by atoms with Crippen molar-refractivity contribution >= 4 is 34.8 Å². The number of carbonyl (C=O) groups excluding carboxylic acids is 1. The standard InChI is InChI=1S/C18H19Cl2NO/c1-2-3-4-13-5-8-15(9-6-13)21-18(22)12-14-7-10-16(19)17(20)11-14/h5-11H,2-4,12H2,1H3,(H,21,22). The number of rotatable bonds is 6. The lowest BCUT2D eigenvalue weighted by Gasteiger charge is -2.07. The first-order valence-electron chi connectivity index (χ1n) is 7.41. The lowest BCUT2D eigenvalue weighted by molar-refractivity contribution is -0.115. The average molecular weight is 336 g/mol. The Morgan fingerprint density at radius 1 is 1.00 bits per heavy atom. The van der Waals surface area contributed by atoms with Crippen LogP contribution in [0.1, 0.15) is 30.9 Å². The molecule has 0 saturated carbocycles. The molecule has 22 heavy (non-hydrogen) atoms. The normalized spacial score (nSPS) is 10.5. The van der Waals surface area contributed by atoms with Gasteiger partial charge < -0.3 is 5.32 Å². The van der Waals surface area contributed by atoms with E-state index in [1.54, 1.807) is 12.1 Å². The number of unbranched alkanes of at least 4 members (excludes halogenated alkanes) is 1. The van der Waals surface area contributed by atoms with Gasteiger partial charge in [0.25, 0.3) is 0 Å². The molecule has 0 aliphatic carbocycles. The van der Waals surface area contributed by atoms with Gasteiger partial charge in [-0.25, -0.2) is 0 Å². The van der Waals surface area contributed by atoms with Crippen LogP contribution in [-0.4, -0.2) is 5.91 Å². The molecule has 0 heterocycles.